The van der Waals surface area contributed by atoms with Crippen molar-refractivity contribution in [3.05, 3.63) is 88.7 Å². The Hall–Kier alpha value is -3.13. The summed E-state index contributed by atoms with van der Waals surface area (Å²) in [4.78, 5) is 2.16. The van der Waals surface area contributed by atoms with Crippen LogP contribution in [0.3, 0.4) is 0 Å². The predicted octanol–water partition coefficient (Wildman–Crippen LogP) is 6.14. The van der Waals surface area contributed by atoms with Crippen molar-refractivity contribution in [2.45, 2.75) is 25.3 Å². The fourth-order valence-electron chi connectivity index (χ4n) is 3.97. The van der Waals surface area contributed by atoms with Crippen LogP contribution in [-0.2, 0) is 6.54 Å². The fourth-order valence-corrected chi connectivity index (χ4v) is 3.97. The van der Waals surface area contributed by atoms with Gasteiger partial charge in [0.1, 0.15) is 23.0 Å². The number of hydrogen-bond donors (Lipinski definition) is 1. The summed E-state index contributed by atoms with van der Waals surface area (Å²) in [7, 11) is 0. The molecule has 0 atom stereocenters. The van der Waals surface area contributed by atoms with Crippen molar-refractivity contribution >= 4 is 5.69 Å². The lowest BCUT2D eigenvalue weighted by atomic mass is 9.88. The molecular formula is C24H21F5N2O. The maximum atomic E-state index is 14.3. The Morgan fingerprint density at radius 2 is 1.44 bits per heavy atom. The molecule has 2 N–H and O–H groups in total. The Morgan fingerprint density at radius 3 is 2.09 bits per heavy atom. The van der Waals surface area contributed by atoms with E-state index >= 15 is 0 Å². The number of nitrogen functional groups attached to an aromatic ring is 1. The smallest absolute Gasteiger partial charge is 0.162 e. The standard InChI is InChI=1S/C24H21F5N2O/c25-18-6-5-17(11-19(18)26)32-16-3-1-14(2-4-16)13-31-9-7-15(8-10-31)22-20(27)12-21(28)24(30)23(22)29/h1-6,11-12,15H,7-10,13,30H2. The van der Waals surface area contributed by atoms with Gasteiger partial charge in [-0.3, -0.25) is 4.90 Å². The van der Waals surface area contributed by atoms with Crippen molar-refractivity contribution in [1.82, 2.24) is 4.90 Å². The highest BCUT2D eigenvalue weighted by Gasteiger charge is 2.28. The van der Waals surface area contributed by atoms with Gasteiger partial charge in [-0.2, -0.15) is 0 Å². The Balaban J connectivity index is 1.34. The van der Waals surface area contributed by atoms with E-state index in [1.807, 2.05) is 12.1 Å². The van der Waals surface area contributed by atoms with Gasteiger partial charge in [0.2, 0.25) is 0 Å². The van der Waals surface area contributed by atoms with Crippen molar-refractivity contribution < 1.29 is 26.7 Å². The quantitative estimate of drug-likeness (QED) is 0.377. The molecule has 1 fully saturated rings. The minimum Gasteiger partial charge on any atom is -0.457 e. The third kappa shape index (κ3) is 4.70. The van der Waals surface area contributed by atoms with Crippen LogP contribution in [0, 0.1) is 29.1 Å². The number of rotatable bonds is 5. The lowest BCUT2D eigenvalue weighted by Crippen LogP contribution is -2.33. The average Bonchev–Trinajstić information content (AvgIpc) is 2.77. The van der Waals surface area contributed by atoms with Crippen molar-refractivity contribution in [2.24, 2.45) is 0 Å². The number of piperidine rings is 1. The summed E-state index contributed by atoms with van der Waals surface area (Å²) < 4.78 is 73.7. The van der Waals surface area contributed by atoms with Gasteiger partial charge in [0, 0.05) is 24.2 Å². The first-order valence-electron chi connectivity index (χ1n) is 10.2. The van der Waals surface area contributed by atoms with E-state index < -0.39 is 34.8 Å². The molecule has 168 valence electrons. The second kappa shape index (κ2) is 9.16. The third-order valence-corrected chi connectivity index (χ3v) is 5.69. The minimum atomic E-state index is -1.09. The zero-order chi connectivity index (χ0) is 22.8. The summed E-state index contributed by atoms with van der Waals surface area (Å²) in [5, 5.41) is 0. The van der Waals surface area contributed by atoms with Gasteiger partial charge in [-0.05, 0) is 61.7 Å². The highest BCUT2D eigenvalue weighted by atomic mass is 19.2. The van der Waals surface area contributed by atoms with Gasteiger partial charge in [-0.1, -0.05) is 12.1 Å². The number of likely N-dealkylation sites (tertiary alicyclic amines) is 1. The number of ether oxygens (including phenoxy) is 1. The van der Waals surface area contributed by atoms with E-state index in [0.29, 0.717) is 44.3 Å². The number of anilines is 1. The Bertz CT molecular complexity index is 1110. The van der Waals surface area contributed by atoms with E-state index in [4.69, 9.17) is 10.5 Å². The second-order valence-corrected chi connectivity index (χ2v) is 7.85. The highest BCUT2D eigenvalue weighted by Crippen LogP contribution is 2.35. The van der Waals surface area contributed by atoms with Crippen LogP contribution in [0.15, 0.2) is 48.5 Å². The van der Waals surface area contributed by atoms with Gasteiger partial charge in [0.25, 0.3) is 0 Å². The van der Waals surface area contributed by atoms with Crippen LogP contribution >= 0.6 is 0 Å². The van der Waals surface area contributed by atoms with Crippen LogP contribution in [0.5, 0.6) is 11.5 Å². The molecule has 0 aromatic heterocycles. The van der Waals surface area contributed by atoms with Crippen molar-refractivity contribution in [1.29, 1.82) is 0 Å². The van der Waals surface area contributed by atoms with E-state index in [0.717, 1.165) is 17.7 Å². The largest absolute Gasteiger partial charge is 0.457 e. The Morgan fingerprint density at radius 1 is 0.781 bits per heavy atom. The van der Waals surface area contributed by atoms with Gasteiger partial charge >= 0.3 is 0 Å². The zero-order valence-corrected chi connectivity index (χ0v) is 17.1. The van der Waals surface area contributed by atoms with Crippen LogP contribution in [0.25, 0.3) is 0 Å². The minimum absolute atomic E-state index is 0.137. The maximum absolute atomic E-state index is 14.3. The average molecular weight is 448 g/mol. The first-order chi connectivity index (χ1) is 15.3. The molecule has 3 nitrogen and oxygen atoms in total. The molecular weight excluding hydrogens is 427 g/mol. The first kappa shape index (κ1) is 22.1. The van der Waals surface area contributed by atoms with Crippen LogP contribution < -0.4 is 10.5 Å². The highest BCUT2D eigenvalue weighted by molar-refractivity contribution is 5.46. The molecule has 0 amide bonds. The predicted molar refractivity (Wildman–Crippen MR) is 111 cm³/mol. The van der Waals surface area contributed by atoms with Crippen molar-refractivity contribution in [2.75, 3.05) is 18.8 Å². The number of hydrogen-bond acceptors (Lipinski definition) is 3. The molecule has 8 heteroatoms. The molecule has 1 saturated heterocycles. The van der Waals surface area contributed by atoms with Crippen LogP contribution in [-0.4, -0.2) is 18.0 Å². The molecule has 1 aliphatic heterocycles. The lowest BCUT2D eigenvalue weighted by molar-refractivity contribution is 0.201. The summed E-state index contributed by atoms with van der Waals surface area (Å²) in [5.74, 6) is -4.59. The van der Waals surface area contributed by atoms with Gasteiger partial charge in [-0.15, -0.1) is 0 Å². The molecule has 1 heterocycles. The second-order valence-electron chi connectivity index (χ2n) is 7.85. The molecule has 0 saturated carbocycles. The summed E-state index contributed by atoms with van der Waals surface area (Å²) >= 11 is 0. The first-order valence-corrected chi connectivity index (χ1v) is 10.2. The topological polar surface area (TPSA) is 38.5 Å². The number of benzene rings is 3. The summed E-state index contributed by atoms with van der Waals surface area (Å²) in [6.07, 6.45) is 1.05. The molecule has 4 rings (SSSR count). The van der Waals surface area contributed by atoms with Crippen molar-refractivity contribution in [3.63, 3.8) is 0 Å². The molecule has 3 aromatic rings. The number of halogens is 5. The number of nitrogens with two attached hydrogens (primary N) is 1. The fraction of sp³-hybridized carbons (Fsp3) is 0.250. The molecule has 1 aliphatic rings. The number of nitrogens with zero attached hydrogens (tertiary/aromatic N) is 1. The zero-order valence-electron chi connectivity index (χ0n) is 17.1. The van der Waals surface area contributed by atoms with E-state index in [-0.39, 0.29) is 17.2 Å². The maximum Gasteiger partial charge on any atom is 0.162 e. The SMILES string of the molecule is Nc1c(F)cc(F)c(C2CCN(Cc3ccc(Oc4ccc(F)c(F)c4)cc3)CC2)c1F. The molecule has 0 unspecified atom stereocenters. The normalized spacial score (nSPS) is 15.2. The molecule has 0 spiro atoms. The monoisotopic (exact) mass is 448 g/mol. The summed E-state index contributed by atoms with van der Waals surface area (Å²) in [6.45, 7) is 1.87. The lowest BCUT2D eigenvalue weighted by Gasteiger charge is -2.32. The van der Waals surface area contributed by atoms with Gasteiger partial charge < -0.3 is 10.5 Å². The third-order valence-electron chi connectivity index (χ3n) is 5.69. The van der Waals surface area contributed by atoms with Crippen LogP contribution in [0.4, 0.5) is 27.6 Å². The van der Waals surface area contributed by atoms with E-state index in [9.17, 15) is 22.0 Å². The Kier molecular flexibility index (Phi) is 6.32. The van der Waals surface area contributed by atoms with E-state index in [2.05, 4.69) is 4.90 Å². The van der Waals surface area contributed by atoms with Gasteiger partial charge in [-0.25, -0.2) is 22.0 Å². The van der Waals surface area contributed by atoms with Crippen LogP contribution in [0.1, 0.15) is 29.9 Å². The van der Waals surface area contributed by atoms with E-state index in [1.165, 1.54) is 6.07 Å². The van der Waals surface area contributed by atoms with Crippen molar-refractivity contribution in [3.8, 4) is 11.5 Å². The molecule has 0 aliphatic carbocycles. The molecule has 0 bridgehead atoms. The van der Waals surface area contributed by atoms with E-state index in [1.54, 1.807) is 12.1 Å². The van der Waals surface area contributed by atoms with Crippen LogP contribution in [0.2, 0.25) is 0 Å². The molecule has 32 heavy (non-hydrogen) atoms. The van der Waals surface area contributed by atoms with Gasteiger partial charge in [0.05, 0.1) is 0 Å². The summed E-state index contributed by atoms with van der Waals surface area (Å²) in [6, 6.07) is 11.2. The molecule has 0 radical (unpaired) electrons. The Labute approximate surface area is 182 Å². The van der Waals surface area contributed by atoms with Gasteiger partial charge in [0.15, 0.2) is 23.3 Å². The molecule has 3 aromatic carbocycles. The summed E-state index contributed by atoms with van der Waals surface area (Å²) in [5.41, 5.74) is 5.61.